The first-order valence-corrected chi connectivity index (χ1v) is 29.9. The van der Waals surface area contributed by atoms with Gasteiger partial charge in [-0.2, -0.15) is 0 Å². The zero-order valence-corrected chi connectivity index (χ0v) is 46.8. The van der Waals surface area contributed by atoms with Gasteiger partial charge in [0.1, 0.15) is 13.2 Å². The molecule has 80 heavy (non-hydrogen) atoms. The monoisotopic (exact) mass is 1110 g/mol. The molecule has 2 amide bonds. The normalized spacial score (nSPS) is 25.7. The lowest BCUT2D eigenvalue weighted by Gasteiger charge is -2.53. The average molecular weight is 1110 g/mol. The first-order valence-electron chi connectivity index (χ1n) is 29.9. The van der Waals surface area contributed by atoms with Crippen LogP contribution in [0.4, 0.5) is 9.59 Å². The van der Waals surface area contributed by atoms with Crippen molar-refractivity contribution in [2.24, 2.45) is 10.8 Å². The van der Waals surface area contributed by atoms with E-state index in [9.17, 15) is 9.59 Å². The number of amides is 2. The minimum Gasteiger partial charge on any atom is -0.448 e. The highest BCUT2D eigenvalue weighted by Gasteiger charge is 2.60. The highest BCUT2D eigenvalue weighted by molar-refractivity contribution is 5.70. The van der Waals surface area contributed by atoms with Crippen LogP contribution in [0, 0.1) is 10.8 Å². The van der Waals surface area contributed by atoms with Crippen molar-refractivity contribution >= 4 is 12.2 Å². The lowest BCUT2D eigenvalue weighted by Crippen LogP contribution is -2.62. The van der Waals surface area contributed by atoms with Gasteiger partial charge in [0.25, 0.3) is 11.6 Å². The standard InChI is InChI=1S/C62H80N2O16/c1-3-5-17-47-49-51(79-61(77-49)23-19-57(20-24-61)69-37-55(38-70-57)41-73-59(74-42-55)27-31-63(32-28-59)53(65)67-35-45-13-9-7-10-14-45)48(18-6-4-2)52-50(47)78-62(80-52)25-21-58(22-26-62)71-39-56(40-72-58)43-75-60(76-44-56)29-33-64(34-30-60)54(66)68-36-46-15-11-8-12-16-46/h7-16H,3-6,17-44H2,1-2H3. The number of likely N-dealkylation sites (tertiary alicyclic amines) is 2. The summed E-state index contributed by atoms with van der Waals surface area (Å²) in [6.45, 7) is 10.6. The molecular weight excluding hydrogens is 1030 g/mol. The first kappa shape index (κ1) is 54.3. The summed E-state index contributed by atoms with van der Waals surface area (Å²) in [5.74, 6) is -1.48. The fraction of sp³-hybridized carbons (Fsp3) is 0.677. The molecule has 18 heteroatoms. The van der Waals surface area contributed by atoms with Crippen molar-refractivity contribution in [1.29, 1.82) is 0 Å². The Morgan fingerprint density at radius 3 is 0.963 bits per heavy atom. The van der Waals surface area contributed by atoms with Crippen molar-refractivity contribution in [3.63, 3.8) is 0 Å². The molecule has 0 unspecified atom stereocenters. The van der Waals surface area contributed by atoms with Crippen LogP contribution >= 0.6 is 0 Å². The van der Waals surface area contributed by atoms with Crippen LogP contribution in [0.5, 0.6) is 23.0 Å². The van der Waals surface area contributed by atoms with Gasteiger partial charge in [-0.15, -0.1) is 0 Å². The van der Waals surface area contributed by atoms with Crippen molar-refractivity contribution in [1.82, 2.24) is 9.80 Å². The van der Waals surface area contributed by atoms with Crippen LogP contribution in [-0.2, 0) is 73.4 Å². The Kier molecular flexibility index (Phi) is 14.7. The third-order valence-corrected chi connectivity index (χ3v) is 18.9. The number of ether oxygens (including phenoxy) is 14. The number of hydrogen-bond donors (Lipinski definition) is 0. The van der Waals surface area contributed by atoms with E-state index in [-0.39, 0.29) is 25.4 Å². The number of piperidine rings is 2. The lowest BCUT2D eigenvalue weighted by molar-refractivity contribution is -0.381. The molecule has 18 nitrogen and oxygen atoms in total. The van der Waals surface area contributed by atoms with E-state index in [0.717, 1.165) is 83.8 Å². The van der Waals surface area contributed by atoms with Gasteiger partial charge in [-0.1, -0.05) is 87.4 Å². The zero-order chi connectivity index (χ0) is 54.5. The molecule has 0 aromatic heterocycles. The maximum Gasteiger partial charge on any atom is 0.410 e. The Bertz CT molecular complexity index is 2420. The van der Waals surface area contributed by atoms with E-state index in [0.29, 0.717) is 156 Å². The maximum absolute atomic E-state index is 12.9. The molecule has 0 N–H and O–H groups in total. The van der Waals surface area contributed by atoms with Gasteiger partial charge in [0.2, 0.25) is 0 Å². The van der Waals surface area contributed by atoms with Crippen LogP contribution in [-0.4, -0.2) is 136 Å². The summed E-state index contributed by atoms with van der Waals surface area (Å²) in [6.07, 6.45) is 12.0. The molecule has 0 radical (unpaired) electrons. The van der Waals surface area contributed by atoms with E-state index in [2.05, 4.69) is 13.8 Å². The molecule has 8 heterocycles. The number of fused-ring (bicyclic) bond motifs is 2. The number of hydrogen-bond acceptors (Lipinski definition) is 16. The van der Waals surface area contributed by atoms with Crippen LogP contribution in [0.1, 0.15) is 139 Å². The highest BCUT2D eigenvalue weighted by atomic mass is 16.8. The molecule has 3 aromatic rings. The molecule has 2 aliphatic carbocycles. The van der Waals surface area contributed by atoms with Crippen LogP contribution in [0.25, 0.3) is 0 Å². The molecule has 13 rings (SSSR count). The van der Waals surface area contributed by atoms with Crippen molar-refractivity contribution in [3.8, 4) is 23.0 Å². The fourth-order valence-corrected chi connectivity index (χ4v) is 13.3. The van der Waals surface area contributed by atoms with Crippen LogP contribution in [0.3, 0.4) is 0 Å². The minimum absolute atomic E-state index is 0.246. The van der Waals surface area contributed by atoms with Crippen molar-refractivity contribution < 1.29 is 75.9 Å². The molecule has 6 saturated heterocycles. The molecule has 2 saturated carbocycles. The number of unbranched alkanes of at least 4 members (excludes halogenated alkanes) is 2. The topological polar surface area (TPSA) is 170 Å². The van der Waals surface area contributed by atoms with Gasteiger partial charge in [-0.3, -0.25) is 0 Å². The highest BCUT2D eigenvalue weighted by Crippen LogP contribution is 2.62. The molecule has 0 bridgehead atoms. The summed E-state index contributed by atoms with van der Waals surface area (Å²) < 4.78 is 92.7. The SMILES string of the molecule is CCCCc1c2c(c(CCCC)c3c1OC1(CCC4(CC1)OCC1(COC5(CCN(C(=O)OCc6ccccc6)CC5)OC1)CO4)O3)OC1(CCC3(CC1)OCC1(COC4(CCN(C(=O)OCc5ccccc5)CC4)OC1)CO3)O2. The van der Waals surface area contributed by atoms with E-state index in [1.165, 1.54) is 0 Å². The van der Waals surface area contributed by atoms with Gasteiger partial charge < -0.3 is 76.1 Å². The molecular formula is C62H80N2O16. The summed E-state index contributed by atoms with van der Waals surface area (Å²) in [7, 11) is 0. The molecule has 8 spiro atoms. The average Bonchev–Trinajstić information content (AvgIpc) is 4.21. The number of benzene rings is 3. The van der Waals surface area contributed by atoms with Crippen molar-refractivity contribution in [2.45, 2.75) is 177 Å². The van der Waals surface area contributed by atoms with Gasteiger partial charge in [0.15, 0.2) is 46.1 Å². The predicted molar refractivity (Wildman–Crippen MR) is 287 cm³/mol. The molecule has 8 aliphatic heterocycles. The van der Waals surface area contributed by atoms with Crippen LogP contribution in [0.2, 0.25) is 0 Å². The second-order valence-electron chi connectivity index (χ2n) is 24.7. The van der Waals surface area contributed by atoms with Crippen LogP contribution in [0.15, 0.2) is 60.7 Å². The third-order valence-electron chi connectivity index (χ3n) is 18.9. The van der Waals surface area contributed by atoms with E-state index in [4.69, 9.17) is 66.3 Å². The second kappa shape index (κ2) is 21.7. The van der Waals surface area contributed by atoms with Crippen molar-refractivity contribution in [2.75, 3.05) is 79.0 Å². The molecule has 0 atom stereocenters. The van der Waals surface area contributed by atoms with E-state index < -0.39 is 45.6 Å². The van der Waals surface area contributed by atoms with E-state index in [1.807, 2.05) is 60.7 Å². The first-order chi connectivity index (χ1) is 38.9. The van der Waals surface area contributed by atoms with Gasteiger partial charge in [-0.25, -0.2) is 9.59 Å². The van der Waals surface area contributed by atoms with E-state index in [1.54, 1.807) is 9.80 Å². The van der Waals surface area contributed by atoms with Gasteiger partial charge in [-0.05, 0) is 36.8 Å². The Labute approximate surface area is 469 Å². The Morgan fingerprint density at radius 1 is 0.400 bits per heavy atom. The number of carbonyl (C=O) groups is 2. The summed E-state index contributed by atoms with van der Waals surface area (Å²) in [5.41, 5.74) is 3.14. The number of nitrogens with zero attached hydrogens (tertiary/aromatic N) is 2. The molecule has 434 valence electrons. The zero-order valence-electron chi connectivity index (χ0n) is 46.8. The quantitative estimate of drug-likeness (QED) is 0.188. The summed E-state index contributed by atoms with van der Waals surface area (Å²) >= 11 is 0. The van der Waals surface area contributed by atoms with Crippen molar-refractivity contribution in [3.05, 3.63) is 82.9 Å². The molecule has 10 aliphatic rings. The van der Waals surface area contributed by atoms with Gasteiger partial charge in [0.05, 0.1) is 63.7 Å². The van der Waals surface area contributed by atoms with Gasteiger partial charge >= 0.3 is 12.2 Å². The Hall–Kier alpha value is -4.92. The Balaban J connectivity index is 0.594. The molecule has 3 aromatic carbocycles. The largest absolute Gasteiger partial charge is 0.448 e. The second-order valence-corrected chi connectivity index (χ2v) is 24.7. The van der Waals surface area contributed by atoms with E-state index >= 15 is 0 Å². The molecule has 8 fully saturated rings. The third kappa shape index (κ3) is 10.6. The predicted octanol–water partition coefficient (Wildman–Crippen LogP) is 10.3. The summed E-state index contributed by atoms with van der Waals surface area (Å²) in [6, 6.07) is 19.4. The summed E-state index contributed by atoms with van der Waals surface area (Å²) in [4.78, 5) is 29.2. The minimum atomic E-state index is -0.855. The summed E-state index contributed by atoms with van der Waals surface area (Å²) in [5, 5.41) is 0. The van der Waals surface area contributed by atoms with Gasteiger partial charge in [0, 0.05) is 114 Å². The Morgan fingerprint density at radius 2 is 0.675 bits per heavy atom. The van der Waals surface area contributed by atoms with Crippen LogP contribution < -0.4 is 18.9 Å². The maximum atomic E-state index is 12.9. The fourth-order valence-electron chi connectivity index (χ4n) is 13.3. The smallest absolute Gasteiger partial charge is 0.410 e. The lowest BCUT2D eigenvalue weighted by atomic mass is 9.84. The number of carbonyl (C=O) groups excluding carboxylic acids is 2. The number of rotatable bonds is 10.